The van der Waals surface area contributed by atoms with Crippen molar-refractivity contribution in [2.75, 3.05) is 26.9 Å². The Morgan fingerprint density at radius 3 is 2.40 bits per heavy atom. The number of hydrogen-bond acceptors (Lipinski definition) is 3. The molecule has 0 aromatic carbocycles. The molecular weight excluding hydrogens is 190 g/mol. The van der Waals surface area contributed by atoms with E-state index in [4.69, 9.17) is 15.2 Å². The maximum absolute atomic E-state index is 5.91. The number of rotatable bonds is 5. The zero-order valence-electron chi connectivity index (χ0n) is 10.3. The van der Waals surface area contributed by atoms with Crippen LogP contribution in [-0.4, -0.2) is 32.5 Å². The fourth-order valence-electron chi connectivity index (χ4n) is 2.03. The molecule has 0 saturated carbocycles. The zero-order valence-corrected chi connectivity index (χ0v) is 10.3. The summed E-state index contributed by atoms with van der Waals surface area (Å²) >= 11 is 0. The molecule has 1 aliphatic rings. The molecule has 1 rings (SSSR count). The Bertz CT molecular complexity index is 186. The minimum Gasteiger partial charge on any atom is -0.381 e. The molecule has 15 heavy (non-hydrogen) atoms. The molecule has 0 unspecified atom stereocenters. The highest BCUT2D eigenvalue weighted by Gasteiger charge is 2.33. The highest BCUT2D eigenvalue weighted by molar-refractivity contribution is 4.85. The van der Waals surface area contributed by atoms with Crippen molar-refractivity contribution < 1.29 is 9.47 Å². The Morgan fingerprint density at radius 2 is 1.93 bits per heavy atom. The van der Waals surface area contributed by atoms with Crippen LogP contribution in [0.1, 0.15) is 39.5 Å². The monoisotopic (exact) mass is 215 g/mol. The van der Waals surface area contributed by atoms with E-state index in [1.165, 1.54) is 0 Å². The minimum atomic E-state index is -0.0273. The van der Waals surface area contributed by atoms with Crippen LogP contribution in [0.4, 0.5) is 0 Å². The molecule has 0 bridgehead atoms. The molecule has 0 aliphatic carbocycles. The van der Waals surface area contributed by atoms with Gasteiger partial charge in [-0.3, -0.25) is 0 Å². The first-order chi connectivity index (χ1) is 7.04. The van der Waals surface area contributed by atoms with E-state index < -0.39 is 0 Å². The van der Waals surface area contributed by atoms with E-state index in [1.54, 1.807) is 7.11 Å². The van der Waals surface area contributed by atoms with Gasteiger partial charge in [-0.05, 0) is 51.5 Å². The smallest absolute Gasteiger partial charge is 0.0623 e. The summed E-state index contributed by atoms with van der Waals surface area (Å²) < 4.78 is 10.8. The van der Waals surface area contributed by atoms with Crippen LogP contribution >= 0.6 is 0 Å². The first kappa shape index (κ1) is 12.9. The molecule has 0 amide bonds. The quantitative estimate of drug-likeness (QED) is 0.762. The molecule has 0 radical (unpaired) electrons. The summed E-state index contributed by atoms with van der Waals surface area (Å²) in [5.74, 6) is 0. The number of methoxy groups -OCH3 is 1. The van der Waals surface area contributed by atoms with E-state index in [9.17, 15) is 0 Å². The van der Waals surface area contributed by atoms with Gasteiger partial charge in [-0.15, -0.1) is 0 Å². The van der Waals surface area contributed by atoms with Gasteiger partial charge in [0.1, 0.15) is 0 Å². The van der Waals surface area contributed by atoms with Crippen molar-refractivity contribution in [3.63, 3.8) is 0 Å². The molecule has 3 heteroatoms. The van der Waals surface area contributed by atoms with Crippen LogP contribution in [0.3, 0.4) is 0 Å². The summed E-state index contributed by atoms with van der Waals surface area (Å²) in [6.07, 6.45) is 4.42. The molecule has 1 heterocycles. The molecule has 1 fully saturated rings. The van der Waals surface area contributed by atoms with Gasteiger partial charge in [-0.25, -0.2) is 0 Å². The Morgan fingerprint density at radius 1 is 1.33 bits per heavy atom. The first-order valence-electron chi connectivity index (χ1n) is 5.87. The molecule has 3 nitrogen and oxygen atoms in total. The standard InChI is InChI=1S/C12H25NO2/c1-11(2,14-3)4-5-12(10-13)6-8-15-9-7-12/h4-10,13H2,1-3H3. The molecule has 0 aromatic rings. The third-order valence-corrected chi connectivity index (χ3v) is 3.80. The van der Waals surface area contributed by atoms with Gasteiger partial charge in [0.15, 0.2) is 0 Å². The van der Waals surface area contributed by atoms with Gasteiger partial charge >= 0.3 is 0 Å². The average Bonchev–Trinajstić information content (AvgIpc) is 2.28. The fourth-order valence-corrected chi connectivity index (χ4v) is 2.03. The van der Waals surface area contributed by atoms with Crippen LogP contribution in [0.25, 0.3) is 0 Å². The molecule has 0 atom stereocenters. The van der Waals surface area contributed by atoms with Crippen LogP contribution < -0.4 is 5.73 Å². The van der Waals surface area contributed by atoms with Gasteiger partial charge < -0.3 is 15.2 Å². The van der Waals surface area contributed by atoms with Crippen molar-refractivity contribution >= 4 is 0 Å². The number of ether oxygens (including phenoxy) is 2. The predicted molar refractivity (Wildman–Crippen MR) is 61.9 cm³/mol. The summed E-state index contributed by atoms with van der Waals surface area (Å²) in [5.41, 5.74) is 6.19. The van der Waals surface area contributed by atoms with E-state index in [-0.39, 0.29) is 5.60 Å². The number of hydrogen-bond donors (Lipinski definition) is 1. The van der Waals surface area contributed by atoms with Crippen molar-refractivity contribution in [1.29, 1.82) is 0 Å². The van der Waals surface area contributed by atoms with Crippen molar-refractivity contribution in [1.82, 2.24) is 0 Å². The Balaban J connectivity index is 2.45. The maximum atomic E-state index is 5.91. The predicted octanol–water partition coefficient (Wildman–Crippen LogP) is 1.95. The van der Waals surface area contributed by atoms with Crippen LogP contribution in [0.2, 0.25) is 0 Å². The lowest BCUT2D eigenvalue weighted by molar-refractivity contribution is -0.0220. The zero-order chi connectivity index (χ0) is 11.4. The lowest BCUT2D eigenvalue weighted by Gasteiger charge is -2.38. The van der Waals surface area contributed by atoms with Crippen LogP contribution in [0.15, 0.2) is 0 Å². The van der Waals surface area contributed by atoms with Gasteiger partial charge in [0, 0.05) is 20.3 Å². The van der Waals surface area contributed by atoms with Crippen molar-refractivity contribution in [3.8, 4) is 0 Å². The van der Waals surface area contributed by atoms with E-state index in [2.05, 4.69) is 13.8 Å². The summed E-state index contributed by atoms with van der Waals surface area (Å²) in [6.45, 7) is 6.78. The van der Waals surface area contributed by atoms with E-state index in [1.807, 2.05) is 0 Å². The molecular formula is C12H25NO2. The Hall–Kier alpha value is -0.120. The summed E-state index contributed by atoms with van der Waals surface area (Å²) in [6, 6.07) is 0. The molecule has 90 valence electrons. The number of nitrogens with two attached hydrogens (primary N) is 1. The second-order valence-electron chi connectivity index (χ2n) is 5.28. The first-order valence-corrected chi connectivity index (χ1v) is 5.87. The normalized spacial score (nSPS) is 21.6. The highest BCUT2D eigenvalue weighted by atomic mass is 16.5. The van der Waals surface area contributed by atoms with E-state index in [0.717, 1.165) is 45.4 Å². The van der Waals surface area contributed by atoms with Gasteiger partial charge in [-0.1, -0.05) is 0 Å². The molecule has 1 aliphatic heterocycles. The topological polar surface area (TPSA) is 44.5 Å². The molecule has 0 aromatic heterocycles. The Kier molecular flexibility index (Phi) is 4.56. The maximum Gasteiger partial charge on any atom is 0.0623 e. The van der Waals surface area contributed by atoms with Crippen molar-refractivity contribution in [2.24, 2.45) is 11.1 Å². The van der Waals surface area contributed by atoms with Crippen molar-refractivity contribution in [3.05, 3.63) is 0 Å². The van der Waals surface area contributed by atoms with Crippen molar-refractivity contribution in [2.45, 2.75) is 45.1 Å². The molecule has 2 N–H and O–H groups in total. The fraction of sp³-hybridized carbons (Fsp3) is 1.00. The lowest BCUT2D eigenvalue weighted by atomic mass is 9.74. The summed E-state index contributed by atoms with van der Waals surface area (Å²) in [5, 5.41) is 0. The SMILES string of the molecule is COC(C)(C)CCC1(CN)CCOCC1. The van der Waals surface area contributed by atoms with Crippen LogP contribution in [-0.2, 0) is 9.47 Å². The molecule has 0 spiro atoms. The van der Waals surface area contributed by atoms with E-state index >= 15 is 0 Å². The summed E-state index contributed by atoms with van der Waals surface area (Å²) in [7, 11) is 1.78. The third-order valence-electron chi connectivity index (χ3n) is 3.80. The highest BCUT2D eigenvalue weighted by Crippen LogP contribution is 2.36. The van der Waals surface area contributed by atoms with Gasteiger partial charge in [0.2, 0.25) is 0 Å². The molecule has 1 saturated heterocycles. The lowest BCUT2D eigenvalue weighted by Crippen LogP contribution is -2.38. The second kappa shape index (κ2) is 5.28. The van der Waals surface area contributed by atoms with Crippen LogP contribution in [0, 0.1) is 5.41 Å². The third kappa shape index (κ3) is 3.74. The van der Waals surface area contributed by atoms with Gasteiger partial charge in [-0.2, -0.15) is 0 Å². The second-order valence-corrected chi connectivity index (χ2v) is 5.28. The van der Waals surface area contributed by atoms with Gasteiger partial charge in [0.25, 0.3) is 0 Å². The Labute approximate surface area is 93.3 Å². The van der Waals surface area contributed by atoms with E-state index in [0.29, 0.717) is 5.41 Å². The summed E-state index contributed by atoms with van der Waals surface area (Å²) in [4.78, 5) is 0. The largest absolute Gasteiger partial charge is 0.381 e. The average molecular weight is 215 g/mol. The van der Waals surface area contributed by atoms with Crippen LogP contribution in [0.5, 0.6) is 0 Å². The minimum absolute atomic E-state index is 0.0273. The van der Waals surface area contributed by atoms with Gasteiger partial charge in [0.05, 0.1) is 5.60 Å².